The number of nitrogens with one attached hydrogen (secondary N) is 1. The van der Waals surface area contributed by atoms with Gasteiger partial charge in [0.25, 0.3) is 0 Å². The number of methoxy groups -OCH3 is 1. The van der Waals surface area contributed by atoms with Gasteiger partial charge < -0.3 is 19.9 Å². The van der Waals surface area contributed by atoms with Crippen molar-refractivity contribution in [2.24, 2.45) is 5.92 Å². The lowest BCUT2D eigenvalue weighted by atomic mass is 9.83. The summed E-state index contributed by atoms with van der Waals surface area (Å²) in [5, 5.41) is 12.9. The van der Waals surface area contributed by atoms with Crippen molar-refractivity contribution >= 4 is 11.7 Å². The molecule has 0 amide bonds. The van der Waals surface area contributed by atoms with Gasteiger partial charge in [0, 0.05) is 31.2 Å². The van der Waals surface area contributed by atoms with Crippen LogP contribution in [0.4, 0.5) is 5.69 Å². The summed E-state index contributed by atoms with van der Waals surface area (Å²) in [6, 6.07) is 7.34. The summed E-state index contributed by atoms with van der Waals surface area (Å²) in [7, 11) is 1.59. The van der Waals surface area contributed by atoms with Gasteiger partial charge in [0.2, 0.25) is 0 Å². The van der Waals surface area contributed by atoms with E-state index in [9.17, 15) is 9.90 Å². The Kier molecular flexibility index (Phi) is 4.73. The second-order valence-electron chi connectivity index (χ2n) is 5.85. The second kappa shape index (κ2) is 6.35. The molecule has 5 heteroatoms. The first-order valence-electron chi connectivity index (χ1n) is 7.24. The Morgan fingerprint density at radius 3 is 2.90 bits per heavy atom. The molecule has 5 nitrogen and oxygen atoms in total. The summed E-state index contributed by atoms with van der Waals surface area (Å²) in [4.78, 5) is 11.9. The van der Waals surface area contributed by atoms with Crippen LogP contribution in [-0.4, -0.2) is 36.4 Å². The lowest BCUT2D eigenvalue weighted by Crippen LogP contribution is -2.53. The van der Waals surface area contributed by atoms with Gasteiger partial charge in [0.15, 0.2) is 0 Å². The van der Waals surface area contributed by atoms with E-state index in [2.05, 4.69) is 5.32 Å². The Labute approximate surface area is 125 Å². The van der Waals surface area contributed by atoms with E-state index in [1.165, 1.54) is 0 Å². The van der Waals surface area contributed by atoms with Gasteiger partial charge in [-0.25, -0.2) is 4.79 Å². The summed E-state index contributed by atoms with van der Waals surface area (Å²) in [5.41, 5.74) is -0.235. The lowest BCUT2D eigenvalue weighted by Gasteiger charge is -2.40. The Morgan fingerprint density at radius 2 is 2.29 bits per heavy atom. The first-order chi connectivity index (χ1) is 9.97. The molecule has 0 bridgehead atoms. The third-order valence-corrected chi connectivity index (χ3v) is 4.02. The average molecular weight is 293 g/mol. The van der Waals surface area contributed by atoms with E-state index in [0.29, 0.717) is 25.2 Å². The minimum absolute atomic E-state index is 0.0482. The summed E-state index contributed by atoms with van der Waals surface area (Å²) in [6.07, 6.45) is 0.855. The van der Waals surface area contributed by atoms with Crippen molar-refractivity contribution in [1.82, 2.24) is 0 Å². The lowest BCUT2D eigenvalue weighted by molar-refractivity contribution is -0.149. The van der Waals surface area contributed by atoms with Gasteiger partial charge in [-0.1, -0.05) is 19.9 Å². The smallest absolute Gasteiger partial charge is 0.329 e. The molecule has 116 valence electrons. The standard InChI is InChI=1S/C16H23NO4/c1-11(2)14-10-16(15(18)19,7-8-21-14)17-12-5-4-6-13(9-12)20-3/h4-6,9,11,14,17H,7-8,10H2,1-3H3,(H,18,19). The summed E-state index contributed by atoms with van der Waals surface area (Å²) >= 11 is 0. The molecule has 1 aromatic carbocycles. The normalized spacial score (nSPS) is 25.6. The van der Waals surface area contributed by atoms with Crippen LogP contribution in [-0.2, 0) is 9.53 Å². The van der Waals surface area contributed by atoms with E-state index >= 15 is 0 Å². The molecule has 1 aliphatic rings. The fourth-order valence-electron chi connectivity index (χ4n) is 2.66. The van der Waals surface area contributed by atoms with E-state index in [1.54, 1.807) is 7.11 Å². The van der Waals surface area contributed by atoms with Crippen molar-refractivity contribution < 1.29 is 19.4 Å². The van der Waals surface area contributed by atoms with E-state index < -0.39 is 11.5 Å². The van der Waals surface area contributed by atoms with Crippen LogP contribution in [0.1, 0.15) is 26.7 Å². The number of ether oxygens (including phenoxy) is 2. The predicted octanol–water partition coefficient (Wildman–Crippen LogP) is 2.77. The van der Waals surface area contributed by atoms with Crippen molar-refractivity contribution in [3.63, 3.8) is 0 Å². The molecule has 0 spiro atoms. The maximum absolute atomic E-state index is 11.9. The Hall–Kier alpha value is -1.75. The number of carbonyl (C=O) groups is 1. The largest absolute Gasteiger partial charge is 0.497 e. The SMILES string of the molecule is COc1cccc(NC2(C(=O)O)CCOC(C(C)C)C2)c1. The van der Waals surface area contributed by atoms with E-state index in [0.717, 1.165) is 5.69 Å². The first-order valence-corrected chi connectivity index (χ1v) is 7.24. The molecule has 2 unspecified atom stereocenters. The molecule has 2 atom stereocenters. The molecular formula is C16H23NO4. The molecule has 1 aliphatic heterocycles. The number of rotatable bonds is 5. The summed E-state index contributed by atoms with van der Waals surface area (Å²) in [5.74, 6) is 0.156. The second-order valence-corrected chi connectivity index (χ2v) is 5.85. The fourth-order valence-corrected chi connectivity index (χ4v) is 2.66. The third-order valence-electron chi connectivity index (χ3n) is 4.02. The molecule has 0 radical (unpaired) electrons. The third kappa shape index (κ3) is 3.47. The number of anilines is 1. The van der Waals surface area contributed by atoms with Crippen molar-refractivity contribution in [3.05, 3.63) is 24.3 Å². The van der Waals surface area contributed by atoms with Crippen molar-refractivity contribution in [3.8, 4) is 5.75 Å². The van der Waals surface area contributed by atoms with E-state index in [-0.39, 0.29) is 12.0 Å². The van der Waals surface area contributed by atoms with Crippen LogP contribution in [0.5, 0.6) is 5.75 Å². The quantitative estimate of drug-likeness (QED) is 0.873. The minimum atomic E-state index is -0.987. The van der Waals surface area contributed by atoms with Crippen molar-refractivity contribution in [2.75, 3.05) is 19.0 Å². The van der Waals surface area contributed by atoms with Gasteiger partial charge in [0.1, 0.15) is 11.3 Å². The Morgan fingerprint density at radius 1 is 1.52 bits per heavy atom. The number of benzene rings is 1. The fraction of sp³-hybridized carbons (Fsp3) is 0.562. The maximum atomic E-state index is 11.9. The summed E-state index contributed by atoms with van der Waals surface area (Å²) in [6.45, 7) is 4.55. The van der Waals surface area contributed by atoms with Gasteiger partial charge in [-0.2, -0.15) is 0 Å². The minimum Gasteiger partial charge on any atom is -0.497 e. The number of carboxylic acid groups (broad SMARTS) is 1. The predicted molar refractivity (Wildman–Crippen MR) is 80.8 cm³/mol. The molecule has 0 saturated carbocycles. The Bertz CT molecular complexity index is 503. The molecule has 2 rings (SSSR count). The highest BCUT2D eigenvalue weighted by Crippen LogP contribution is 2.33. The van der Waals surface area contributed by atoms with Crippen LogP contribution in [0.2, 0.25) is 0 Å². The molecule has 1 fully saturated rings. The van der Waals surface area contributed by atoms with Crippen LogP contribution < -0.4 is 10.1 Å². The van der Waals surface area contributed by atoms with E-state index in [4.69, 9.17) is 9.47 Å². The topological polar surface area (TPSA) is 67.8 Å². The van der Waals surface area contributed by atoms with Gasteiger partial charge in [0.05, 0.1) is 13.2 Å². The molecular weight excluding hydrogens is 270 g/mol. The number of aliphatic carboxylic acids is 1. The average Bonchev–Trinajstić information content (AvgIpc) is 2.47. The zero-order valence-electron chi connectivity index (χ0n) is 12.8. The zero-order valence-corrected chi connectivity index (χ0v) is 12.8. The van der Waals surface area contributed by atoms with Gasteiger partial charge in [-0.05, 0) is 18.1 Å². The van der Waals surface area contributed by atoms with Crippen LogP contribution in [0.3, 0.4) is 0 Å². The van der Waals surface area contributed by atoms with Gasteiger partial charge >= 0.3 is 5.97 Å². The molecule has 1 aromatic rings. The van der Waals surface area contributed by atoms with Crippen LogP contribution in [0.15, 0.2) is 24.3 Å². The zero-order chi connectivity index (χ0) is 15.5. The van der Waals surface area contributed by atoms with Crippen molar-refractivity contribution in [1.29, 1.82) is 0 Å². The molecule has 21 heavy (non-hydrogen) atoms. The van der Waals surface area contributed by atoms with Crippen LogP contribution in [0.25, 0.3) is 0 Å². The number of hydrogen-bond acceptors (Lipinski definition) is 4. The van der Waals surface area contributed by atoms with Crippen LogP contribution in [0, 0.1) is 5.92 Å². The van der Waals surface area contributed by atoms with Crippen LogP contribution >= 0.6 is 0 Å². The van der Waals surface area contributed by atoms with Gasteiger partial charge in [-0.15, -0.1) is 0 Å². The summed E-state index contributed by atoms with van der Waals surface area (Å²) < 4.78 is 10.9. The van der Waals surface area contributed by atoms with E-state index in [1.807, 2.05) is 38.1 Å². The highest BCUT2D eigenvalue weighted by molar-refractivity contribution is 5.83. The Balaban J connectivity index is 2.23. The molecule has 0 aromatic heterocycles. The highest BCUT2D eigenvalue weighted by atomic mass is 16.5. The molecule has 0 aliphatic carbocycles. The first kappa shape index (κ1) is 15.6. The van der Waals surface area contributed by atoms with Gasteiger partial charge in [-0.3, -0.25) is 0 Å². The number of carboxylic acids is 1. The highest BCUT2D eigenvalue weighted by Gasteiger charge is 2.44. The maximum Gasteiger partial charge on any atom is 0.329 e. The number of hydrogen-bond donors (Lipinski definition) is 2. The monoisotopic (exact) mass is 293 g/mol. The molecule has 2 N–H and O–H groups in total. The van der Waals surface area contributed by atoms with Crippen molar-refractivity contribution in [2.45, 2.75) is 38.3 Å². The molecule has 1 saturated heterocycles. The molecule has 1 heterocycles.